The van der Waals surface area contributed by atoms with Gasteiger partial charge >= 0.3 is 0 Å². The summed E-state index contributed by atoms with van der Waals surface area (Å²) < 4.78 is 1.64. The number of unbranched alkanes of at least 4 members (excludes halogenated alkanes) is 2. The minimum Gasteiger partial charge on any atom is -0.354 e. The molecule has 0 aliphatic rings. The molecule has 1 amide bonds. The van der Waals surface area contributed by atoms with Crippen LogP contribution in [0.2, 0.25) is 0 Å². The Morgan fingerprint density at radius 1 is 1.62 bits per heavy atom. The van der Waals surface area contributed by atoms with Crippen molar-refractivity contribution in [2.75, 3.05) is 6.54 Å². The van der Waals surface area contributed by atoms with Gasteiger partial charge in [0, 0.05) is 25.4 Å². The number of aromatic nitrogens is 2. The SMILES string of the molecule is CCCCCNC(=O)C(N)c1cnn(C)c1. The number of carbonyl (C=O) groups is 1. The molecule has 0 aliphatic carbocycles. The van der Waals surface area contributed by atoms with Crippen LogP contribution < -0.4 is 11.1 Å². The Balaban J connectivity index is 2.36. The summed E-state index contributed by atoms with van der Waals surface area (Å²) in [5.41, 5.74) is 6.55. The van der Waals surface area contributed by atoms with Gasteiger partial charge in [0.25, 0.3) is 0 Å². The van der Waals surface area contributed by atoms with E-state index in [1.807, 2.05) is 0 Å². The van der Waals surface area contributed by atoms with E-state index in [2.05, 4.69) is 17.3 Å². The summed E-state index contributed by atoms with van der Waals surface area (Å²) in [6.45, 7) is 2.82. The van der Waals surface area contributed by atoms with Crippen molar-refractivity contribution >= 4 is 5.91 Å². The van der Waals surface area contributed by atoms with E-state index >= 15 is 0 Å². The van der Waals surface area contributed by atoms with Crippen LogP contribution in [0.25, 0.3) is 0 Å². The second-order valence-corrected chi connectivity index (χ2v) is 3.92. The highest BCUT2D eigenvalue weighted by molar-refractivity contribution is 5.82. The van der Waals surface area contributed by atoms with Gasteiger partial charge in [0.2, 0.25) is 5.91 Å². The van der Waals surface area contributed by atoms with Crippen molar-refractivity contribution in [2.24, 2.45) is 12.8 Å². The molecule has 0 aliphatic heterocycles. The molecule has 1 unspecified atom stereocenters. The number of amides is 1. The smallest absolute Gasteiger partial charge is 0.241 e. The second-order valence-electron chi connectivity index (χ2n) is 3.92. The van der Waals surface area contributed by atoms with Crippen LogP contribution in [-0.2, 0) is 11.8 Å². The van der Waals surface area contributed by atoms with Crippen molar-refractivity contribution in [1.29, 1.82) is 0 Å². The summed E-state index contributed by atoms with van der Waals surface area (Å²) in [5, 5.41) is 6.81. The van der Waals surface area contributed by atoms with E-state index in [0.29, 0.717) is 6.54 Å². The van der Waals surface area contributed by atoms with Gasteiger partial charge in [0.15, 0.2) is 0 Å². The molecule has 1 atom stereocenters. The van der Waals surface area contributed by atoms with Crippen molar-refractivity contribution in [3.8, 4) is 0 Å². The standard InChI is InChI=1S/C11H20N4O/c1-3-4-5-6-13-11(16)10(12)9-7-14-15(2)8-9/h7-8,10H,3-6,12H2,1-2H3,(H,13,16). The maximum Gasteiger partial charge on any atom is 0.241 e. The van der Waals surface area contributed by atoms with Gasteiger partial charge in [0.05, 0.1) is 6.20 Å². The van der Waals surface area contributed by atoms with E-state index in [4.69, 9.17) is 5.73 Å². The van der Waals surface area contributed by atoms with Crippen molar-refractivity contribution in [1.82, 2.24) is 15.1 Å². The van der Waals surface area contributed by atoms with Crippen LogP contribution >= 0.6 is 0 Å². The third kappa shape index (κ3) is 3.66. The van der Waals surface area contributed by atoms with E-state index in [1.54, 1.807) is 24.1 Å². The molecule has 0 saturated heterocycles. The van der Waals surface area contributed by atoms with Crippen LogP contribution in [0.3, 0.4) is 0 Å². The first-order valence-corrected chi connectivity index (χ1v) is 5.67. The molecule has 0 spiro atoms. The fourth-order valence-electron chi connectivity index (χ4n) is 1.45. The van der Waals surface area contributed by atoms with Crippen molar-refractivity contribution in [2.45, 2.75) is 32.2 Å². The topological polar surface area (TPSA) is 72.9 Å². The summed E-state index contributed by atoms with van der Waals surface area (Å²) in [6, 6.07) is -0.615. The lowest BCUT2D eigenvalue weighted by atomic mass is 10.1. The Hall–Kier alpha value is -1.36. The van der Waals surface area contributed by atoms with Crippen LogP contribution in [0.5, 0.6) is 0 Å². The average Bonchev–Trinajstić information content (AvgIpc) is 2.70. The lowest BCUT2D eigenvalue weighted by Crippen LogP contribution is -2.34. The highest BCUT2D eigenvalue weighted by atomic mass is 16.2. The number of nitrogens with zero attached hydrogens (tertiary/aromatic N) is 2. The highest BCUT2D eigenvalue weighted by Gasteiger charge is 2.16. The zero-order chi connectivity index (χ0) is 12.0. The zero-order valence-corrected chi connectivity index (χ0v) is 9.94. The molecule has 5 heteroatoms. The van der Waals surface area contributed by atoms with Crippen LogP contribution in [0.15, 0.2) is 12.4 Å². The van der Waals surface area contributed by atoms with Crippen LogP contribution in [0.4, 0.5) is 0 Å². The molecule has 3 N–H and O–H groups in total. The molecule has 0 radical (unpaired) electrons. The van der Waals surface area contributed by atoms with Gasteiger partial charge in [-0.2, -0.15) is 5.10 Å². The summed E-state index contributed by atoms with van der Waals surface area (Å²) >= 11 is 0. The number of hydrogen-bond acceptors (Lipinski definition) is 3. The number of carbonyl (C=O) groups excluding carboxylic acids is 1. The Labute approximate surface area is 96.0 Å². The van der Waals surface area contributed by atoms with Gasteiger partial charge in [0.1, 0.15) is 6.04 Å². The van der Waals surface area contributed by atoms with Gasteiger partial charge in [-0.15, -0.1) is 0 Å². The van der Waals surface area contributed by atoms with Crippen LogP contribution in [0.1, 0.15) is 37.8 Å². The fraction of sp³-hybridized carbons (Fsp3) is 0.636. The Kier molecular flexibility index (Phi) is 4.98. The Bertz CT molecular complexity index is 334. The van der Waals surface area contributed by atoms with Crippen molar-refractivity contribution in [3.05, 3.63) is 18.0 Å². The molecular formula is C11H20N4O. The quantitative estimate of drug-likeness (QED) is 0.699. The molecule has 1 aromatic rings. The van der Waals surface area contributed by atoms with E-state index in [0.717, 1.165) is 24.8 Å². The predicted molar refractivity (Wildman–Crippen MR) is 62.7 cm³/mol. The van der Waals surface area contributed by atoms with Gasteiger partial charge in [-0.3, -0.25) is 9.48 Å². The Morgan fingerprint density at radius 2 is 2.38 bits per heavy atom. The first-order chi connectivity index (χ1) is 7.65. The maximum atomic E-state index is 11.6. The molecule has 0 fully saturated rings. The normalized spacial score (nSPS) is 12.4. The maximum absolute atomic E-state index is 11.6. The molecule has 16 heavy (non-hydrogen) atoms. The zero-order valence-electron chi connectivity index (χ0n) is 9.94. The summed E-state index contributed by atoms with van der Waals surface area (Å²) in [5.74, 6) is -0.135. The first kappa shape index (κ1) is 12.7. The minimum absolute atomic E-state index is 0.135. The molecule has 1 rings (SSSR count). The van der Waals surface area contributed by atoms with Crippen LogP contribution in [0, 0.1) is 0 Å². The highest BCUT2D eigenvalue weighted by Crippen LogP contribution is 2.08. The summed E-state index contributed by atoms with van der Waals surface area (Å²) in [4.78, 5) is 11.6. The molecular weight excluding hydrogens is 204 g/mol. The van der Waals surface area contributed by atoms with Crippen LogP contribution in [-0.4, -0.2) is 22.2 Å². The molecule has 90 valence electrons. The molecule has 0 bridgehead atoms. The third-order valence-corrected chi connectivity index (χ3v) is 2.45. The molecule has 1 aromatic heterocycles. The molecule has 5 nitrogen and oxygen atoms in total. The Morgan fingerprint density at radius 3 is 2.94 bits per heavy atom. The third-order valence-electron chi connectivity index (χ3n) is 2.45. The monoisotopic (exact) mass is 224 g/mol. The number of nitrogens with one attached hydrogen (secondary N) is 1. The number of nitrogens with two attached hydrogens (primary N) is 1. The van der Waals surface area contributed by atoms with E-state index in [-0.39, 0.29) is 5.91 Å². The van der Waals surface area contributed by atoms with Crippen molar-refractivity contribution < 1.29 is 4.79 Å². The van der Waals surface area contributed by atoms with Crippen molar-refractivity contribution in [3.63, 3.8) is 0 Å². The largest absolute Gasteiger partial charge is 0.354 e. The minimum atomic E-state index is -0.615. The number of hydrogen-bond donors (Lipinski definition) is 2. The van der Waals surface area contributed by atoms with E-state index in [1.165, 1.54) is 0 Å². The van der Waals surface area contributed by atoms with E-state index < -0.39 is 6.04 Å². The molecule has 0 aromatic carbocycles. The number of rotatable bonds is 6. The van der Waals surface area contributed by atoms with Gasteiger partial charge in [-0.05, 0) is 6.42 Å². The van der Waals surface area contributed by atoms with Gasteiger partial charge in [-0.25, -0.2) is 0 Å². The molecule has 0 saturated carbocycles. The average molecular weight is 224 g/mol. The predicted octanol–water partition coefficient (Wildman–Crippen LogP) is 0.726. The van der Waals surface area contributed by atoms with E-state index in [9.17, 15) is 4.79 Å². The lowest BCUT2D eigenvalue weighted by molar-refractivity contribution is -0.122. The molecule has 1 heterocycles. The number of aryl methyl sites for hydroxylation is 1. The fourth-order valence-corrected chi connectivity index (χ4v) is 1.45. The van der Waals surface area contributed by atoms with Gasteiger partial charge in [-0.1, -0.05) is 19.8 Å². The van der Waals surface area contributed by atoms with Gasteiger partial charge < -0.3 is 11.1 Å². The first-order valence-electron chi connectivity index (χ1n) is 5.67. The summed E-state index contributed by atoms with van der Waals surface area (Å²) in [7, 11) is 1.80. The summed E-state index contributed by atoms with van der Waals surface area (Å²) in [6.07, 6.45) is 6.65. The second kappa shape index (κ2) is 6.27. The lowest BCUT2D eigenvalue weighted by Gasteiger charge is -2.10.